The Balaban J connectivity index is 1.96. The summed E-state index contributed by atoms with van der Waals surface area (Å²) in [6.07, 6.45) is -1.05. The summed E-state index contributed by atoms with van der Waals surface area (Å²) in [6, 6.07) is 0. The van der Waals surface area contributed by atoms with Crippen LogP contribution in [0.1, 0.15) is 20.1 Å². The molecule has 4 atom stereocenters. The van der Waals surface area contributed by atoms with Crippen LogP contribution < -0.4 is 11.4 Å². The molecule has 0 spiro atoms. The Morgan fingerprint density at radius 1 is 1.45 bits per heavy atom. The number of fused-ring (bicyclic) bond motifs is 1. The van der Waals surface area contributed by atoms with Gasteiger partial charge in [-0.2, -0.15) is 4.98 Å². The maximum atomic E-state index is 11.9. The first-order chi connectivity index (χ1) is 9.41. The number of rotatable bonds is 2. The highest BCUT2D eigenvalue weighted by Crippen LogP contribution is 2.42. The second kappa shape index (κ2) is 4.48. The number of hydrogen-bond donors (Lipinski definition) is 2. The summed E-state index contributed by atoms with van der Waals surface area (Å²) in [5.74, 6) is -0.910. The molecule has 1 aromatic heterocycles. The van der Waals surface area contributed by atoms with E-state index in [9.17, 15) is 9.90 Å². The summed E-state index contributed by atoms with van der Waals surface area (Å²) in [6.45, 7) is 3.29. The second-order valence-electron chi connectivity index (χ2n) is 5.22. The molecule has 0 unspecified atom stereocenters. The van der Waals surface area contributed by atoms with E-state index in [2.05, 4.69) is 9.97 Å². The molecule has 9 nitrogen and oxygen atoms in total. The quantitative estimate of drug-likeness (QED) is 0.682. The van der Waals surface area contributed by atoms with Gasteiger partial charge in [0.2, 0.25) is 5.95 Å². The van der Waals surface area contributed by atoms with E-state index in [1.165, 1.54) is 10.9 Å². The SMILES string of the molecule is CC1(C)O[C@H]2[C@H](O1)[C@@H](n1cnc(N)nc1=O)O[C@H]2CO. The lowest BCUT2D eigenvalue weighted by atomic mass is 10.1. The molecule has 0 aliphatic carbocycles. The van der Waals surface area contributed by atoms with E-state index in [0.717, 1.165) is 0 Å². The molecule has 0 aromatic carbocycles. The topological polar surface area (TPSA) is 122 Å². The molecular formula is C11H16N4O5. The summed E-state index contributed by atoms with van der Waals surface area (Å²) >= 11 is 0. The predicted molar refractivity (Wildman–Crippen MR) is 65.5 cm³/mol. The monoisotopic (exact) mass is 284 g/mol. The van der Waals surface area contributed by atoms with Crippen LogP contribution in [0.15, 0.2) is 11.1 Å². The summed E-state index contributed by atoms with van der Waals surface area (Å²) < 4.78 is 18.3. The van der Waals surface area contributed by atoms with Crippen molar-refractivity contribution in [3.63, 3.8) is 0 Å². The van der Waals surface area contributed by atoms with Crippen LogP contribution in [-0.4, -0.2) is 50.3 Å². The fraction of sp³-hybridized carbons (Fsp3) is 0.727. The van der Waals surface area contributed by atoms with Gasteiger partial charge in [0.05, 0.1) is 6.61 Å². The first-order valence-electron chi connectivity index (χ1n) is 6.24. The average Bonchev–Trinajstić information content (AvgIpc) is 2.83. The molecule has 0 saturated carbocycles. The van der Waals surface area contributed by atoms with Crippen LogP contribution in [0.5, 0.6) is 0 Å². The van der Waals surface area contributed by atoms with Crippen LogP contribution in [0, 0.1) is 0 Å². The van der Waals surface area contributed by atoms with Gasteiger partial charge in [-0.25, -0.2) is 9.78 Å². The minimum Gasteiger partial charge on any atom is -0.394 e. The average molecular weight is 284 g/mol. The van der Waals surface area contributed by atoms with Crippen LogP contribution in [0.25, 0.3) is 0 Å². The van der Waals surface area contributed by atoms with Gasteiger partial charge in [0, 0.05) is 0 Å². The van der Waals surface area contributed by atoms with E-state index >= 15 is 0 Å². The number of anilines is 1. The first-order valence-corrected chi connectivity index (χ1v) is 6.24. The number of nitrogen functional groups attached to an aromatic ring is 1. The zero-order chi connectivity index (χ0) is 14.5. The molecule has 3 N–H and O–H groups in total. The molecular weight excluding hydrogens is 268 g/mol. The van der Waals surface area contributed by atoms with Gasteiger partial charge in [-0.1, -0.05) is 0 Å². The van der Waals surface area contributed by atoms with E-state index < -0.39 is 36.0 Å². The molecule has 1 aromatic rings. The molecule has 0 bridgehead atoms. The maximum absolute atomic E-state index is 11.9. The fourth-order valence-electron chi connectivity index (χ4n) is 2.56. The number of aliphatic hydroxyl groups is 1. The molecule has 0 amide bonds. The van der Waals surface area contributed by atoms with Crippen LogP contribution in [0.4, 0.5) is 5.95 Å². The number of aromatic nitrogens is 3. The smallest absolute Gasteiger partial charge is 0.354 e. The van der Waals surface area contributed by atoms with E-state index in [1.807, 2.05) is 0 Å². The van der Waals surface area contributed by atoms with Gasteiger partial charge in [-0.3, -0.25) is 4.57 Å². The van der Waals surface area contributed by atoms with Crippen LogP contribution >= 0.6 is 0 Å². The Hall–Kier alpha value is -1.55. The summed E-state index contributed by atoms with van der Waals surface area (Å²) in [5.41, 5.74) is 4.77. The Kier molecular flexibility index (Phi) is 3.01. The highest BCUT2D eigenvalue weighted by atomic mass is 16.8. The Morgan fingerprint density at radius 2 is 2.15 bits per heavy atom. The largest absolute Gasteiger partial charge is 0.394 e. The van der Waals surface area contributed by atoms with Crippen molar-refractivity contribution in [2.75, 3.05) is 12.3 Å². The number of aliphatic hydroxyl groups excluding tert-OH is 1. The van der Waals surface area contributed by atoms with Crippen LogP contribution in [-0.2, 0) is 14.2 Å². The lowest BCUT2D eigenvalue weighted by Crippen LogP contribution is -2.35. The summed E-state index contributed by atoms with van der Waals surface area (Å²) in [4.78, 5) is 19.2. The van der Waals surface area contributed by atoms with Crippen molar-refractivity contribution < 1.29 is 19.3 Å². The van der Waals surface area contributed by atoms with Crippen LogP contribution in [0.2, 0.25) is 0 Å². The summed E-state index contributed by atoms with van der Waals surface area (Å²) in [7, 11) is 0. The van der Waals surface area contributed by atoms with Gasteiger partial charge in [0.25, 0.3) is 0 Å². The van der Waals surface area contributed by atoms with Crippen molar-refractivity contribution in [2.45, 2.75) is 44.2 Å². The number of nitrogens with two attached hydrogens (primary N) is 1. The van der Waals surface area contributed by atoms with Crippen molar-refractivity contribution in [1.82, 2.24) is 14.5 Å². The van der Waals surface area contributed by atoms with Crippen molar-refractivity contribution in [3.05, 3.63) is 16.8 Å². The highest BCUT2D eigenvalue weighted by molar-refractivity contribution is 5.10. The molecule has 2 fully saturated rings. The Bertz CT molecular complexity index is 574. The third-order valence-electron chi connectivity index (χ3n) is 3.32. The van der Waals surface area contributed by atoms with E-state index in [-0.39, 0.29) is 12.6 Å². The standard InChI is InChI=1S/C11H16N4O5/c1-11(2)19-6-5(3-16)18-8(7(6)20-11)15-4-13-9(12)14-10(15)17/h4-8,16H,3H2,1-2H3,(H2,12,14,17)/t5-,6+,7-,8-/m0/s1. The molecule has 2 aliphatic heterocycles. The van der Waals surface area contributed by atoms with Crippen molar-refractivity contribution in [2.24, 2.45) is 0 Å². The highest BCUT2D eigenvalue weighted by Gasteiger charge is 2.55. The molecule has 110 valence electrons. The van der Waals surface area contributed by atoms with Gasteiger partial charge in [-0.05, 0) is 13.8 Å². The van der Waals surface area contributed by atoms with E-state index in [4.69, 9.17) is 19.9 Å². The Morgan fingerprint density at radius 3 is 2.80 bits per heavy atom. The maximum Gasteiger partial charge on any atom is 0.354 e. The van der Waals surface area contributed by atoms with Gasteiger partial charge in [0.15, 0.2) is 12.0 Å². The minimum absolute atomic E-state index is 0.108. The zero-order valence-electron chi connectivity index (χ0n) is 11.1. The van der Waals surface area contributed by atoms with Crippen LogP contribution in [0.3, 0.4) is 0 Å². The number of ether oxygens (including phenoxy) is 3. The lowest BCUT2D eigenvalue weighted by molar-refractivity contribution is -0.200. The summed E-state index contributed by atoms with van der Waals surface area (Å²) in [5, 5.41) is 9.36. The van der Waals surface area contributed by atoms with Gasteiger partial charge >= 0.3 is 5.69 Å². The number of hydrogen-bond acceptors (Lipinski definition) is 8. The molecule has 3 rings (SSSR count). The molecule has 2 saturated heterocycles. The molecule has 0 radical (unpaired) electrons. The van der Waals surface area contributed by atoms with Gasteiger partial charge < -0.3 is 25.1 Å². The molecule has 9 heteroatoms. The third kappa shape index (κ3) is 2.08. The Labute approximate surface area is 114 Å². The molecule has 3 heterocycles. The van der Waals surface area contributed by atoms with E-state index in [0.29, 0.717) is 0 Å². The van der Waals surface area contributed by atoms with Gasteiger partial charge in [0.1, 0.15) is 24.6 Å². The first kappa shape index (κ1) is 13.4. The number of nitrogens with zero attached hydrogens (tertiary/aromatic N) is 3. The third-order valence-corrected chi connectivity index (χ3v) is 3.32. The minimum atomic E-state index is -0.803. The predicted octanol–water partition coefficient (Wildman–Crippen LogP) is -1.37. The van der Waals surface area contributed by atoms with E-state index in [1.54, 1.807) is 13.8 Å². The molecule has 2 aliphatic rings. The van der Waals surface area contributed by atoms with Crippen molar-refractivity contribution in [1.29, 1.82) is 0 Å². The van der Waals surface area contributed by atoms with Gasteiger partial charge in [-0.15, -0.1) is 0 Å². The molecule has 20 heavy (non-hydrogen) atoms. The van der Waals surface area contributed by atoms with Crippen molar-refractivity contribution >= 4 is 5.95 Å². The van der Waals surface area contributed by atoms with Crippen molar-refractivity contribution in [3.8, 4) is 0 Å². The fourth-order valence-corrected chi connectivity index (χ4v) is 2.56. The lowest BCUT2D eigenvalue weighted by Gasteiger charge is -2.24. The second-order valence-corrected chi connectivity index (χ2v) is 5.22. The normalized spacial score (nSPS) is 35.1. The zero-order valence-corrected chi connectivity index (χ0v) is 11.1.